The third-order valence-electron chi connectivity index (χ3n) is 4.87. The van der Waals surface area contributed by atoms with E-state index in [2.05, 4.69) is 51.9 Å². The van der Waals surface area contributed by atoms with Gasteiger partial charge >= 0.3 is 0 Å². The molecular weight excluding hydrogens is 394 g/mol. The van der Waals surface area contributed by atoms with E-state index in [1.165, 1.54) is 32.8 Å². The van der Waals surface area contributed by atoms with Crippen LogP contribution in [-0.2, 0) is 17.6 Å². The molecule has 0 atom stereocenters. The quantitative estimate of drug-likeness (QED) is 0.340. The molecule has 30 heavy (non-hydrogen) atoms. The maximum atomic E-state index is 12.1. The summed E-state index contributed by atoms with van der Waals surface area (Å²) in [6.07, 6.45) is 1.38. The summed E-state index contributed by atoms with van der Waals surface area (Å²) in [5.74, 6) is 7.06. The Morgan fingerprint density at radius 3 is 2.60 bits per heavy atom. The van der Waals surface area contributed by atoms with E-state index in [1.54, 1.807) is 0 Å². The molecule has 0 unspecified atom stereocenters. The maximum absolute atomic E-state index is 12.1. The molecule has 4 aromatic rings. The monoisotopic (exact) mass is 417 g/mol. The fraction of sp³-hybridized carbons (Fsp3) is 0.174. The van der Waals surface area contributed by atoms with Crippen LogP contribution in [0.15, 0.2) is 78.0 Å². The number of hydrogen-bond acceptors (Lipinski definition) is 5. The standard InChI is InChI=1S/C23H23N5OS/c24-28-21(15-19-11-6-10-18-9-4-5-12-20(18)19)26-27-23(28)30-16-22(29)25-14-13-17-7-2-1-3-8-17/h1-12H,13-16,24H2,(H,25,29). The highest BCUT2D eigenvalue weighted by atomic mass is 32.2. The van der Waals surface area contributed by atoms with Crippen molar-refractivity contribution in [2.75, 3.05) is 18.1 Å². The minimum atomic E-state index is -0.0467. The van der Waals surface area contributed by atoms with E-state index in [0.29, 0.717) is 23.9 Å². The fourth-order valence-electron chi connectivity index (χ4n) is 3.32. The number of amides is 1. The zero-order valence-electron chi connectivity index (χ0n) is 16.5. The molecule has 0 spiro atoms. The van der Waals surface area contributed by atoms with Gasteiger partial charge in [-0.1, -0.05) is 84.6 Å². The van der Waals surface area contributed by atoms with Gasteiger partial charge in [0.05, 0.1) is 5.75 Å². The third-order valence-corrected chi connectivity index (χ3v) is 5.82. The van der Waals surface area contributed by atoms with Crippen molar-refractivity contribution in [2.24, 2.45) is 0 Å². The van der Waals surface area contributed by atoms with Gasteiger partial charge in [0.15, 0.2) is 5.82 Å². The molecule has 6 nitrogen and oxygen atoms in total. The molecule has 0 saturated carbocycles. The summed E-state index contributed by atoms with van der Waals surface area (Å²) in [6, 6.07) is 24.5. The Morgan fingerprint density at radius 1 is 0.967 bits per heavy atom. The maximum Gasteiger partial charge on any atom is 0.230 e. The van der Waals surface area contributed by atoms with Crippen molar-refractivity contribution < 1.29 is 4.79 Å². The van der Waals surface area contributed by atoms with Crippen molar-refractivity contribution in [1.82, 2.24) is 20.2 Å². The predicted molar refractivity (Wildman–Crippen MR) is 121 cm³/mol. The van der Waals surface area contributed by atoms with E-state index >= 15 is 0 Å². The Bertz CT molecular complexity index is 1140. The minimum absolute atomic E-state index is 0.0467. The second-order valence-electron chi connectivity index (χ2n) is 6.96. The summed E-state index contributed by atoms with van der Waals surface area (Å²) in [6.45, 7) is 0.602. The number of nitrogen functional groups attached to an aromatic ring is 1. The Labute approximate surface area is 179 Å². The van der Waals surface area contributed by atoms with Crippen molar-refractivity contribution in [1.29, 1.82) is 0 Å². The molecule has 1 heterocycles. The molecular formula is C23H23N5OS. The van der Waals surface area contributed by atoms with Gasteiger partial charge in [0.2, 0.25) is 11.1 Å². The summed E-state index contributed by atoms with van der Waals surface area (Å²) in [4.78, 5) is 12.1. The molecule has 0 fully saturated rings. The Kier molecular flexibility index (Phi) is 6.29. The van der Waals surface area contributed by atoms with E-state index in [4.69, 9.17) is 5.84 Å². The molecule has 0 aliphatic heterocycles. The van der Waals surface area contributed by atoms with Crippen molar-refractivity contribution in [3.63, 3.8) is 0 Å². The average molecular weight is 418 g/mol. The van der Waals surface area contributed by atoms with E-state index in [9.17, 15) is 4.79 Å². The highest BCUT2D eigenvalue weighted by molar-refractivity contribution is 7.99. The number of nitrogens with zero attached hydrogens (tertiary/aromatic N) is 3. The predicted octanol–water partition coefficient (Wildman–Crippen LogP) is 3.19. The lowest BCUT2D eigenvalue weighted by atomic mass is 10.0. The lowest BCUT2D eigenvalue weighted by molar-refractivity contribution is -0.118. The van der Waals surface area contributed by atoms with Crippen molar-refractivity contribution >= 4 is 28.4 Å². The molecule has 3 N–H and O–H groups in total. The Morgan fingerprint density at radius 2 is 1.73 bits per heavy atom. The van der Waals surface area contributed by atoms with Gasteiger partial charge in [-0.05, 0) is 28.3 Å². The average Bonchev–Trinajstić information content (AvgIpc) is 3.12. The van der Waals surface area contributed by atoms with Crippen LogP contribution < -0.4 is 11.2 Å². The number of carbonyl (C=O) groups is 1. The first-order valence-electron chi connectivity index (χ1n) is 9.80. The van der Waals surface area contributed by atoms with Gasteiger partial charge in [-0.15, -0.1) is 10.2 Å². The highest BCUT2D eigenvalue weighted by Crippen LogP contribution is 2.22. The van der Waals surface area contributed by atoms with Crippen LogP contribution in [0.1, 0.15) is 17.0 Å². The van der Waals surface area contributed by atoms with Crippen molar-refractivity contribution in [2.45, 2.75) is 18.0 Å². The number of hydrogen-bond donors (Lipinski definition) is 2. The number of rotatable bonds is 8. The number of thioether (sulfide) groups is 1. The van der Waals surface area contributed by atoms with Crippen LogP contribution in [0.5, 0.6) is 0 Å². The van der Waals surface area contributed by atoms with Crippen LogP contribution in [0.2, 0.25) is 0 Å². The zero-order chi connectivity index (χ0) is 20.8. The SMILES string of the molecule is Nn1c(Cc2cccc3ccccc23)nnc1SCC(=O)NCCc1ccccc1. The number of benzene rings is 3. The first-order chi connectivity index (χ1) is 14.7. The van der Waals surface area contributed by atoms with Crippen LogP contribution in [0, 0.1) is 0 Å². The largest absolute Gasteiger partial charge is 0.355 e. The van der Waals surface area contributed by atoms with Crippen LogP contribution in [0.4, 0.5) is 0 Å². The topological polar surface area (TPSA) is 85.8 Å². The van der Waals surface area contributed by atoms with E-state index in [1.807, 2.05) is 36.4 Å². The van der Waals surface area contributed by atoms with Gasteiger partial charge < -0.3 is 11.2 Å². The van der Waals surface area contributed by atoms with Gasteiger partial charge in [0.25, 0.3) is 0 Å². The molecule has 7 heteroatoms. The molecule has 0 aliphatic carbocycles. The minimum Gasteiger partial charge on any atom is -0.355 e. The lowest BCUT2D eigenvalue weighted by Gasteiger charge is -2.07. The molecule has 1 aromatic heterocycles. The first kappa shape index (κ1) is 20.0. The molecule has 0 radical (unpaired) electrons. The summed E-state index contributed by atoms with van der Waals surface area (Å²) < 4.78 is 1.48. The van der Waals surface area contributed by atoms with E-state index < -0.39 is 0 Å². The number of fused-ring (bicyclic) bond motifs is 1. The van der Waals surface area contributed by atoms with Crippen LogP contribution in [0.3, 0.4) is 0 Å². The molecule has 0 saturated heterocycles. The first-order valence-corrected chi connectivity index (χ1v) is 10.8. The summed E-state index contributed by atoms with van der Waals surface area (Å²) in [5, 5.41) is 14.2. The number of nitrogens with two attached hydrogens (primary N) is 1. The molecule has 4 rings (SSSR count). The normalized spacial score (nSPS) is 10.9. The number of nitrogens with one attached hydrogen (secondary N) is 1. The molecule has 3 aromatic carbocycles. The second kappa shape index (κ2) is 9.45. The zero-order valence-corrected chi connectivity index (χ0v) is 17.3. The van der Waals surface area contributed by atoms with Crippen LogP contribution >= 0.6 is 11.8 Å². The summed E-state index contributed by atoms with van der Waals surface area (Å²) >= 11 is 1.29. The molecule has 1 amide bonds. The fourth-order valence-corrected chi connectivity index (χ4v) is 4.02. The molecule has 0 aliphatic rings. The van der Waals surface area contributed by atoms with Gasteiger partial charge in [-0.25, -0.2) is 4.68 Å². The third kappa shape index (κ3) is 4.80. The van der Waals surface area contributed by atoms with Gasteiger partial charge in [0.1, 0.15) is 0 Å². The van der Waals surface area contributed by atoms with Gasteiger partial charge in [-0.2, -0.15) is 0 Å². The Hall–Kier alpha value is -3.32. The van der Waals surface area contributed by atoms with Gasteiger partial charge in [0, 0.05) is 13.0 Å². The van der Waals surface area contributed by atoms with Crippen LogP contribution in [-0.4, -0.2) is 33.1 Å². The second-order valence-corrected chi connectivity index (χ2v) is 7.90. The number of aromatic nitrogens is 3. The van der Waals surface area contributed by atoms with Crippen molar-refractivity contribution in [3.05, 3.63) is 89.7 Å². The summed E-state index contributed by atoms with van der Waals surface area (Å²) in [7, 11) is 0. The van der Waals surface area contributed by atoms with E-state index in [0.717, 1.165) is 12.0 Å². The van der Waals surface area contributed by atoms with Gasteiger partial charge in [-0.3, -0.25) is 4.79 Å². The van der Waals surface area contributed by atoms with E-state index in [-0.39, 0.29) is 11.7 Å². The lowest BCUT2D eigenvalue weighted by Crippen LogP contribution is -2.27. The Balaban J connectivity index is 1.32. The van der Waals surface area contributed by atoms with Crippen molar-refractivity contribution in [3.8, 4) is 0 Å². The molecule has 0 bridgehead atoms. The number of carbonyl (C=O) groups excluding carboxylic acids is 1. The highest BCUT2D eigenvalue weighted by Gasteiger charge is 2.13. The molecule has 152 valence electrons. The summed E-state index contributed by atoms with van der Waals surface area (Å²) in [5.41, 5.74) is 2.34. The van der Waals surface area contributed by atoms with Crippen LogP contribution in [0.25, 0.3) is 10.8 Å². The smallest absolute Gasteiger partial charge is 0.230 e.